The predicted molar refractivity (Wildman–Crippen MR) is 72.4 cm³/mol. The van der Waals surface area contributed by atoms with Crippen molar-refractivity contribution in [1.82, 2.24) is 4.98 Å². The molecule has 0 aliphatic heterocycles. The second-order valence-electron chi connectivity index (χ2n) is 3.96. The highest BCUT2D eigenvalue weighted by atomic mass is 16.5. The zero-order valence-electron chi connectivity index (χ0n) is 10.4. The molecule has 1 heterocycles. The van der Waals surface area contributed by atoms with Crippen LogP contribution < -0.4 is 10.5 Å². The molecule has 2 rings (SSSR count). The molecule has 0 spiro atoms. The normalized spacial score (nSPS) is 11.3. The molecule has 0 fully saturated rings. The van der Waals surface area contributed by atoms with Gasteiger partial charge in [0.25, 0.3) is 0 Å². The Morgan fingerprint density at radius 3 is 2.47 bits per heavy atom. The van der Waals surface area contributed by atoms with Gasteiger partial charge in [-0.05, 0) is 42.0 Å². The molecule has 0 atom stereocenters. The van der Waals surface area contributed by atoms with Gasteiger partial charge in [0.2, 0.25) is 0 Å². The van der Waals surface area contributed by atoms with Crippen molar-refractivity contribution in [3.8, 4) is 5.75 Å². The van der Waals surface area contributed by atoms with Gasteiger partial charge in [0, 0.05) is 24.4 Å². The largest absolute Gasteiger partial charge is 0.493 e. The fourth-order valence-electron chi connectivity index (χ4n) is 1.62. The van der Waals surface area contributed by atoms with Gasteiger partial charge < -0.3 is 15.7 Å². The number of nitrogens with two attached hydrogens (primary N) is 1. The Hall–Kier alpha value is -2.56. The van der Waals surface area contributed by atoms with Crippen molar-refractivity contribution in [2.75, 3.05) is 6.61 Å². The van der Waals surface area contributed by atoms with E-state index < -0.39 is 0 Å². The van der Waals surface area contributed by atoms with Crippen LogP contribution in [0.3, 0.4) is 0 Å². The Morgan fingerprint density at radius 1 is 1.16 bits per heavy atom. The van der Waals surface area contributed by atoms with Crippen molar-refractivity contribution in [2.45, 2.75) is 6.42 Å². The van der Waals surface area contributed by atoms with Crippen LogP contribution in [0.15, 0.2) is 53.9 Å². The molecule has 2 aromatic rings. The molecule has 3 N–H and O–H groups in total. The standard InChI is InChI=1S/C14H15N3O2/c15-14(17-18)12-1-3-13(4-2-12)19-10-7-11-5-8-16-9-6-11/h1-6,8-9,18H,7,10H2,(H2,15,17). The van der Waals surface area contributed by atoms with Crippen molar-refractivity contribution < 1.29 is 9.94 Å². The van der Waals surface area contributed by atoms with E-state index in [-0.39, 0.29) is 5.84 Å². The maximum atomic E-state index is 8.55. The average Bonchev–Trinajstić information content (AvgIpc) is 2.48. The summed E-state index contributed by atoms with van der Waals surface area (Å²) in [7, 11) is 0. The minimum Gasteiger partial charge on any atom is -0.493 e. The molecule has 98 valence electrons. The molecule has 1 aromatic heterocycles. The number of pyridine rings is 1. The number of amidine groups is 1. The second kappa shape index (κ2) is 6.39. The number of aromatic nitrogens is 1. The van der Waals surface area contributed by atoms with Gasteiger partial charge in [-0.1, -0.05) is 5.16 Å². The van der Waals surface area contributed by atoms with Crippen molar-refractivity contribution >= 4 is 5.84 Å². The number of oxime groups is 1. The minimum absolute atomic E-state index is 0.0864. The maximum absolute atomic E-state index is 8.55. The number of rotatable bonds is 5. The van der Waals surface area contributed by atoms with Gasteiger partial charge in [-0.2, -0.15) is 0 Å². The first-order valence-corrected chi connectivity index (χ1v) is 5.89. The number of hydrogen-bond donors (Lipinski definition) is 2. The molecular formula is C14H15N3O2. The molecule has 0 radical (unpaired) electrons. The summed E-state index contributed by atoms with van der Waals surface area (Å²) in [6, 6.07) is 11.0. The van der Waals surface area contributed by atoms with E-state index in [1.165, 1.54) is 5.56 Å². The van der Waals surface area contributed by atoms with Crippen molar-refractivity contribution in [3.63, 3.8) is 0 Å². The molecule has 0 aliphatic rings. The molecule has 0 saturated carbocycles. The van der Waals surface area contributed by atoms with Crippen LogP contribution in [-0.4, -0.2) is 22.6 Å². The molecule has 5 heteroatoms. The van der Waals surface area contributed by atoms with E-state index in [0.29, 0.717) is 12.2 Å². The lowest BCUT2D eigenvalue weighted by molar-refractivity contribution is 0.318. The van der Waals surface area contributed by atoms with E-state index in [0.717, 1.165) is 12.2 Å². The highest BCUT2D eigenvalue weighted by Crippen LogP contribution is 2.12. The maximum Gasteiger partial charge on any atom is 0.170 e. The fourth-order valence-corrected chi connectivity index (χ4v) is 1.62. The Morgan fingerprint density at radius 2 is 1.84 bits per heavy atom. The zero-order valence-corrected chi connectivity index (χ0v) is 10.4. The third-order valence-electron chi connectivity index (χ3n) is 2.67. The van der Waals surface area contributed by atoms with E-state index in [1.54, 1.807) is 36.7 Å². The van der Waals surface area contributed by atoms with Crippen LogP contribution in [-0.2, 0) is 6.42 Å². The summed E-state index contributed by atoms with van der Waals surface area (Å²) in [5, 5.41) is 11.5. The summed E-state index contributed by atoms with van der Waals surface area (Å²) in [4.78, 5) is 3.96. The monoisotopic (exact) mass is 257 g/mol. The van der Waals surface area contributed by atoms with Crippen LogP contribution in [0.2, 0.25) is 0 Å². The molecule has 1 aromatic carbocycles. The van der Waals surface area contributed by atoms with Gasteiger partial charge in [0.05, 0.1) is 6.61 Å². The highest BCUT2D eigenvalue weighted by Gasteiger charge is 2.00. The summed E-state index contributed by atoms with van der Waals surface area (Å²) < 4.78 is 5.61. The summed E-state index contributed by atoms with van der Waals surface area (Å²) >= 11 is 0. The third kappa shape index (κ3) is 3.70. The molecule has 19 heavy (non-hydrogen) atoms. The summed E-state index contributed by atoms with van der Waals surface area (Å²) in [6.07, 6.45) is 4.35. The number of ether oxygens (including phenoxy) is 1. The molecule has 0 amide bonds. The number of hydrogen-bond acceptors (Lipinski definition) is 4. The highest BCUT2D eigenvalue weighted by molar-refractivity contribution is 5.97. The first kappa shape index (κ1) is 12.9. The smallest absolute Gasteiger partial charge is 0.170 e. The lowest BCUT2D eigenvalue weighted by Gasteiger charge is -2.06. The van der Waals surface area contributed by atoms with E-state index in [2.05, 4.69) is 10.1 Å². The SMILES string of the molecule is N/C(=N\O)c1ccc(OCCc2ccncc2)cc1. The molecule has 0 unspecified atom stereocenters. The van der Waals surface area contributed by atoms with Crippen molar-refractivity contribution in [3.05, 3.63) is 59.9 Å². The van der Waals surface area contributed by atoms with Crippen LogP contribution in [0.1, 0.15) is 11.1 Å². The Balaban J connectivity index is 1.87. The molecular weight excluding hydrogens is 242 g/mol. The third-order valence-corrected chi connectivity index (χ3v) is 2.67. The van der Waals surface area contributed by atoms with Gasteiger partial charge >= 0.3 is 0 Å². The van der Waals surface area contributed by atoms with E-state index >= 15 is 0 Å². The quantitative estimate of drug-likeness (QED) is 0.370. The Labute approximate surface area is 111 Å². The van der Waals surface area contributed by atoms with Gasteiger partial charge in [0.15, 0.2) is 5.84 Å². The second-order valence-corrected chi connectivity index (χ2v) is 3.96. The lowest BCUT2D eigenvalue weighted by Crippen LogP contribution is -2.12. The number of benzene rings is 1. The topological polar surface area (TPSA) is 80.7 Å². The summed E-state index contributed by atoms with van der Waals surface area (Å²) in [5.74, 6) is 0.840. The van der Waals surface area contributed by atoms with Crippen LogP contribution in [0.5, 0.6) is 5.75 Å². The number of nitrogens with zero attached hydrogens (tertiary/aromatic N) is 2. The molecule has 0 bridgehead atoms. The summed E-state index contributed by atoms with van der Waals surface area (Å²) in [5.41, 5.74) is 7.31. The molecule has 0 aliphatic carbocycles. The van der Waals surface area contributed by atoms with Gasteiger partial charge in [-0.15, -0.1) is 0 Å². The van der Waals surface area contributed by atoms with Gasteiger partial charge in [-0.25, -0.2) is 0 Å². The van der Waals surface area contributed by atoms with Crippen LogP contribution in [0.25, 0.3) is 0 Å². The first-order chi connectivity index (χ1) is 9.29. The van der Waals surface area contributed by atoms with Crippen LogP contribution in [0.4, 0.5) is 0 Å². The minimum atomic E-state index is 0.0864. The Kier molecular flexibility index (Phi) is 4.34. The molecule has 0 saturated heterocycles. The average molecular weight is 257 g/mol. The Bertz CT molecular complexity index is 538. The van der Waals surface area contributed by atoms with E-state index in [1.807, 2.05) is 12.1 Å². The predicted octanol–water partition coefficient (Wildman–Crippen LogP) is 1.80. The van der Waals surface area contributed by atoms with E-state index in [9.17, 15) is 0 Å². The van der Waals surface area contributed by atoms with Crippen LogP contribution in [0, 0.1) is 0 Å². The molecule has 5 nitrogen and oxygen atoms in total. The van der Waals surface area contributed by atoms with Crippen molar-refractivity contribution in [1.29, 1.82) is 0 Å². The van der Waals surface area contributed by atoms with Crippen molar-refractivity contribution in [2.24, 2.45) is 10.9 Å². The van der Waals surface area contributed by atoms with Gasteiger partial charge in [-0.3, -0.25) is 4.98 Å². The van der Waals surface area contributed by atoms with E-state index in [4.69, 9.17) is 15.7 Å². The zero-order chi connectivity index (χ0) is 13.5. The van der Waals surface area contributed by atoms with Gasteiger partial charge in [0.1, 0.15) is 5.75 Å². The fraction of sp³-hybridized carbons (Fsp3) is 0.143. The lowest BCUT2D eigenvalue weighted by atomic mass is 10.2. The van der Waals surface area contributed by atoms with Crippen LogP contribution >= 0.6 is 0 Å². The first-order valence-electron chi connectivity index (χ1n) is 5.89. The summed E-state index contributed by atoms with van der Waals surface area (Å²) in [6.45, 7) is 0.590.